The molecule has 0 aromatic heterocycles. The monoisotopic (exact) mass is 253 g/mol. The number of nitrogens with two attached hydrogens (primary N) is 1. The van der Waals surface area contributed by atoms with E-state index in [1.54, 1.807) is 0 Å². The van der Waals surface area contributed by atoms with E-state index in [0.717, 1.165) is 18.4 Å². The predicted molar refractivity (Wildman–Crippen MR) is 78.0 cm³/mol. The third-order valence-corrected chi connectivity index (χ3v) is 3.21. The molecule has 0 bridgehead atoms. The zero-order valence-electron chi connectivity index (χ0n) is 11.2. The minimum atomic E-state index is -0.289. The van der Waals surface area contributed by atoms with Crippen LogP contribution in [0, 0.1) is 0 Å². The van der Waals surface area contributed by atoms with Crippen LogP contribution in [0.4, 0.5) is 0 Å². The quantitative estimate of drug-likeness (QED) is 0.874. The summed E-state index contributed by atoms with van der Waals surface area (Å²) in [5.74, 6) is -0.289. The lowest BCUT2D eigenvalue weighted by molar-refractivity contribution is -0.117. The molecule has 0 radical (unpaired) electrons. The van der Waals surface area contributed by atoms with Crippen molar-refractivity contribution in [2.45, 2.75) is 26.2 Å². The molecule has 0 aliphatic heterocycles. The van der Waals surface area contributed by atoms with Crippen LogP contribution in [0.25, 0.3) is 0 Å². The second-order valence-electron chi connectivity index (χ2n) is 4.81. The van der Waals surface area contributed by atoms with Crippen LogP contribution in [0.15, 0.2) is 48.5 Å². The van der Waals surface area contributed by atoms with Crippen LogP contribution in [-0.2, 0) is 24.1 Å². The van der Waals surface area contributed by atoms with Crippen molar-refractivity contribution in [3.05, 3.63) is 70.8 Å². The normalized spacial score (nSPS) is 10.4. The van der Waals surface area contributed by atoms with E-state index in [1.165, 1.54) is 16.7 Å². The summed E-state index contributed by atoms with van der Waals surface area (Å²) in [6.45, 7) is 2.16. The van der Waals surface area contributed by atoms with E-state index in [1.807, 2.05) is 12.1 Å². The van der Waals surface area contributed by atoms with Gasteiger partial charge in [-0.1, -0.05) is 55.5 Å². The van der Waals surface area contributed by atoms with Gasteiger partial charge >= 0.3 is 0 Å². The molecule has 1 amide bonds. The van der Waals surface area contributed by atoms with E-state index >= 15 is 0 Å². The Balaban J connectivity index is 2.08. The van der Waals surface area contributed by atoms with Crippen molar-refractivity contribution >= 4 is 5.91 Å². The van der Waals surface area contributed by atoms with Gasteiger partial charge in [-0.15, -0.1) is 0 Å². The number of benzene rings is 2. The fourth-order valence-corrected chi connectivity index (χ4v) is 2.17. The van der Waals surface area contributed by atoms with Crippen molar-refractivity contribution in [2.75, 3.05) is 0 Å². The van der Waals surface area contributed by atoms with Crippen molar-refractivity contribution in [1.29, 1.82) is 0 Å². The Hall–Kier alpha value is -2.09. The van der Waals surface area contributed by atoms with E-state index in [9.17, 15) is 4.79 Å². The summed E-state index contributed by atoms with van der Waals surface area (Å²) >= 11 is 0. The van der Waals surface area contributed by atoms with Crippen LogP contribution in [0.3, 0.4) is 0 Å². The molecule has 98 valence electrons. The number of amides is 1. The molecule has 0 atom stereocenters. The van der Waals surface area contributed by atoms with Gasteiger partial charge in [-0.05, 0) is 35.1 Å². The van der Waals surface area contributed by atoms with E-state index in [-0.39, 0.29) is 5.91 Å². The number of aryl methyl sites for hydroxylation is 1. The Morgan fingerprint density at radius 3 is 2.21 bits per heavy atom. The van der Waals surface area contributed by atoms with E-state index < -0.39 is 0 Å². The standard InChI is InChI=1S/C17H19NO/c1-2-13-4-3-5-16(10-13)11-14-6-8-15(9-7-14)12-17(18)19/h3-10H,2,11-12H2,1H3,(H2,18,19). The first-order valence-corrected chi connectivity index (χ1v) is 6.61. The second-order valence-corrected chi connectivity index (χ2v) is 4.81. The minimum Gasteiger partial charge on any atom is -0.369 e. The number of carbonyl (C=O) groups is 1. The first kappa shape index (κ1) is 13.3. The number of hydrogen-bond acceptors (Lipinski definition) is 1. The van der Waals surface area contributed by atoms with Gasteiger partial charge < -0.3 is 5.73 Å². The number of primary amides is 1. The van der Waals surface area contributed by atoms with Gasteiger partial charge in [-0.2, -0.15) is 0 Å². The topological polar surface area (TPSA) is 43.1 Å². The minimum absolute atomic E-state index is 0.289. The van der Waals surface area contributed by atoms with Gasteiger partial charge in [-0.25, -0.2) is 0 Å². The van der Waals surface area contributed by atoms with Gasteiger partial charge in [0.15, 0.2) is 0 Å². The summed E-state index contributed by atoms with van der Waals surface area (Å²) in [6.07, 6.45) is 2.29. The molecule has 2 heteroatoms. The molecule has 2 aromatic rings. The molecule has 0 aliphatic rings. The zero-order chi connectivity index (χ0) is 13.7. The van der Waals surface area contributed by atoms with Gasteiger partial charge in [0.1, 0.15) is 0 Å². The molecule has 0 aliphatic carbocycles. The highest BCUT2D eigenvalue weighted by Gasteiger charge is 2.00. The molecular formula is C17H19NO. The van der Waals surface area contributed by atoms with Gasteiger partial charge in [0.05, 0.1) is 6.42 Å². The smallest absolute Gasteiger partial charge is 0.221 e. The summed E-state index contributed by atoms with van der Waals surface area (Å²) in [6, 6.07) is 16.7. The molecule has 0 saturated heterocycles. The van der Waals surface area contributed by atoms with Gasteiger partial charge in [0.25, 0.3) is 0 Å². The van der Waals surface area contributed by atoms with Crippen LogP contribution in [0.1, 0.15) is 29.2 Å². The Bertz CT molecular complexity index is 558. The molecule has 0 unspecified atom stereocenters. The predicted octanol–water partition coefficient (Wildman–Crippen LogP) is 2.87. The number of rotatable bonds is 5. The van der Waals surface area contributed by atoms with Crippen molar-refractivity contribution in [1.82, 2.24) is 0 Å². The van der Waals surface area contributed by atoms with E-state index in [0.29, 0.717) is 6.42 Å². The Kier molecular flexibility index (Phi) is 4.35. The van der Waals surface area contributed by atoms with Crippen molar-refractivity contribution in [3.8, 4) is 0 Å². The Morgan fingerprint density at radius 1 is 0.947 bits per heavy atom. The first-order valence-electron chi connectivity index (χ1n) is 6.61. The molecule has 2 N–H and O–H groups in total. The lowest BCUT2D eigenvalue weighted by Gasteiger charge is -2.05. The molecule has 0 fully saturated rings. The summed E-state index contributed by atoms with van der Waals surface area (Å²) in [4.78, 5) is 10.8. The average molecular weight is 253 g/mol. The van der Waals surface area contributed by atoms with Crippen LogP contribution in [0.5, 0.6) is 0 Å². The van der Waals surface area contributed by atoms with E-state index in [4.69, 9.17) is 5.73 Å². The summed E-state index contributed by atoms with van der Waals surface area (Å²) in [5, 5.41) is 0. The highest BCUT2D eigenvalue weighted by molar-refractivity contribution is 5.76. The summed E-state index contributed by atoms with van der Waals surface area (Å²) in [5.41, 5.74) is 10.1. The third-order valence-electron chi connectivity index (χ3n) is 3.21. The van der Waals surface area contributed by atoms with Crippen molar-refractivity contribution in [2.24, 2.45) is 5.73 Å². The SMILES string of the molecule is CCc1cccc(Cc2ccc(CC(N)=O)cc2)c1. The third kappa shape index (κ3) is 3.95. The van der Waals surface area contributed by atoms with Crippen LogP contribution < -0.4 is 5.73 Å². The highest BCUT2D eigenvalue weighted by Crippen LogP contribution is 2.13. The van der Waals surface area contributed by atoms with E-state index in [2.05, 4.69) is 43.3 Å². The fourth-order valence-electron chi connectivity index (χ4n) is 2.17. The van der Waals surface area contributed by atoms with Crippen LogP contribution in [0.2, 0.25) is 0 Å². The Labute approximate surface area is 114 Å². The molecule has 0 spiro atoms. The number of hydrogen-bond donors (Lipinski definition) is 1. The van der Waals surface area contributed by atoms with Gasteiger partial charge in [-0.3, -0.25) is 4.79 Å². The molecular weight excluding hydrogens is 234 g/mol. The zero-order valence-corrected chi connectivity index (χ0v) is 11.2. The fraction of sp³-hybridized carbons (Fsp3) is 0.235. The molecule has 0 heterocycles. The van der Waals surface area contributed by atoms with Crippen LogP contribution in [-0.4, -0.2) is 5.91 Å². The lowest BCUT2D eigenvalue weighted by Crippen LogP contribution is -2.13. The lowest BCUT2D eigenvalue weighted by atomic mass is 10.0. The summed E-state index contributed by atoms with van der Waals surface area (Å²) in [7, 11) is 0. The van der Waals surface area contributed by atoms with Crippen LogP contribution >= 0.6 is 0 Å². The molecule has 2 nitrogen and oxygen atoms in total. The molecule has 2 aromatic carbocycles. The van der Waals surface area contributed by atoms with Gasteiger partial charge in [0.2, 0.25) is 5.91 Å². The summed E-state index contributed by atoms with van der Waals surface area (Å²) < 4.78 is 0. The Morgan fingerprint density at radius 2 is 1.58 bits per heavy atom. The maximum atomic E-state index is 10.8. The maximum absolute atomic E-state index is 10.8. The average Bonchev–Trinajstić information content (AvgIpc) is 2.41. The molecule has 2 rings (SSSR count). The largest absolute Gasteiger partial charge is 0.369 e. The van der Waals surface area contributed by atoms with Gasteiger partial charge in [0, 0.05) is 0 Å². The van der Waals surface area contributed by atoms with Crippen molar-refractivity contribution in [3.63, 3.8) is 0 Å². The maximum Gasteiger partial charge on any atom is 0.221 e. The highest BCUT2D eigenvalue weighted by atomic mass is 16.1. The van der Waals surface area contributed by atoms with Crippen molar-refractivity contribution < 1.29 is 4.79 Å². The first-order chi connectivity index (χ1) is 9.17. The number of carbonyl (C=O) groups excluding carboxylic acids is 1. The molecule has 0 saturated carbocycles. The molecule has 19 heavy (non-hydrogen) atoms. The second kappa shape index (κ2) is 6.19.